The molecule has 1 amide bonds. The van der Waals surface area contributed by atoms with Crippen molar-refractivity contribution in [2.24, 2.45) is 0 Å². The molecular weight excluding hydrogens is 266 g/mol. The van der Waals surface area contributed by atoms with Crippen molar-refractivity contribution < 1.29 is 9.90 Å². The zero-order valence-electron chi connectivity index (χ0n) is 12.0. The molecule has 110 valence electrons. The lowest BCUT2D eigenvalue weighted by atomic mass is 9.79. The minimum Gasteiger partial charge on any atom is -0.383 e. The number of fused-ring (bicyclic) bond motifs is 1. The fourth-order valence-corrected chi connectivity index (χ4v) is 2.98. The number of aromatic amines is 1. The second-order valence-corrected chi connectivity index (χ2v) is 5.63. The number of aryl methyl sites for hydroxylation is 2. The van der Waals surface area contributed by atoms with Gasteiger partial charge in [0.05, 0.1) is 18.3 Å². The van der Waals surface area contributed by atoms with Crippen molar-refractivity contribution in [1.29, 1.82) is 0 Å². The van der Waals surface area contributed by atoms with Crippen LogP contribution < -0.4 is 5.32 Å². The second kappa shape index (κ2) is 5.33. The normalized spacial score (nSPS) is 20.9. The monoisotopic (exact) mass is 285 g/mol. The van der Waals surface area contributed by atoms with E-state index in [1.807, 2.05) is 24.3 Å². The summed E-state index contributed by atoms with van der Waals surface area (Å²) in [7, 11) is 0. The average Bonchev–Trinajstić information content (AvgIpc) is 2.92. The van der Waals surface area contributed by atoms with E-state index in [-0.39, 0.29) is 12.5 Å². The Labute approximate surface area is 123 Å². The van der Waals surface area contributed by atoms with Gasteiger partial charge >= 0.3 is 0 Å². The third-order valence-corrected chi connectivity index (χ3v) is 4.17. The Bertz CT molecular complexity index is 665. The molecule has 1 aromatic carbocycles. The number of carbonyl (C=O) groups is 1. The Hall–Kier alpha value is -2.14. The topological polar surface area (TPSA) is 78.0 Å². The molecule has 0 saturated heterocycles. The number of carbonyl (C=O) groups excluding carboxylic acids is 1. The molecule has 3 N–H and O–H groups in total. The number of hydrogen-bond acceptors (Lipinski definition) is 3. The van der Waals surface area contributed by atoms with Crippen molar-refractivity contribution in [3.63, 3.8) is 0 Å². The Balaban J connectivity index is 1.76. The zero-order chi connectivity index (χ0) is 14.9. The van der Waals surface area contributed by atoms with Gasteiger partial charge in [-0.25, -0.2) is 0 Å². The predicted octanol–water partition coefficient (Wildman–Crippen LogP) is 1.67. The number of aliphatic hydroxyl groups is 1. The zero-order valence-corrected chi connectivity index (χ0v) is 12.0. The first-order chi connectivity index (χ1) is 10.1. The number of aromatic nitrogens is 2. The molecule has 1 aliphatic rings. The van der Waals surface area contributed by atoms with Gasteiger partial charge in [-0.3, -0.25) is 9.89 Å². The molecule has 0 fully saturated rings. The fraction of sp³-hybridized carbons (Fsp3) is 0.375. The first-order valence-corrected chi connectivity index (χ1v) is 7.19. The largest absolute Gasteiger partial charge is 0.383 e. The summed E-state index contributed by atoms with van der Waals surface area (Å²) in [5.41, 5.74) is 2.36. The quantitative estimate of drug-likeness (QED) is 0.802. The number of hydrogen-bond donors (Lipinski definition) is 3. The molecule has 1 aliphatic carbocycles. The summed E-state index contributed by atoms with van der Waals surface area (Å²) in [6, 6.07) is 7.90. The fourth-order valence-electron chi connectivity index (χ4n) is 2.98. The third kappa shape index (κ3) is 2.56. The van der Waals surface area contributed by atoms with Crippen LogP contribution in [0.5, 0.6) is 0 Å². The van der Waals surface area contributed by atoms with Gasteiger partial charge in [-0.05, 0) is 37.3 Å². The predicted molar refractivity (Wildman–Crippen MR) is 78.9 cm³/mol. The van der Waals surface area contributed by atoms with E-state index in [1.54, 1.807) is 6.92 Å². The molecule has 5 nitrogen and oxygen atoms in total. The minimum atomic E-state index is -0.984. The summed E-state index contributed by atoms with van der Waals surface area (Å²) >= 11 is 0. The van der Waals surface area contributed by atoms with Gasteiger partial charge in [0.25, 0.3) is 5.91 Å². The SMILES string of the molecule is Cc1[nH]ncc1C(=O)NC[C@]1(O)CCCc2ccccc21. The first-order valence-electron chi connectivity index (χ1n) is 7.19. The van der Waals surface area contributed by atoms with E-state index in [2.05, 4.69) is 15.5 Å². The van der Waals surface area contributed by atoms with Crippen LogP contribution in [0.25, 0.3) is 0 Å². The summed E-state index contributed by atoms with van der Waals surface area (Å²) < 4.78 is 0. The molecular formula is C16H19N3O2. The highest BCUT2D eigenvalue weighted by Gasteiger charge is 2.34. The number of H-pyrrole nitrogens is 1. The summed E-state index contributed by atoms with van der Waals surface area (Å²) in [4.78, 5) is 12.1. The summed E-state index contributed by atoms with van der Waals surface area (Å²) in [6.07, 6.45) is 4.07. The number of rotatable bonds is 3. The van der Waals surface area contributed by atoms with Crippen LogP contribution in [-0.4, -0.2) is 27.8 Å². The lowest BCUT2D eigenvalue weighted by molar-refractivity contribution is 0.0189. The maximum atomic E-state index is 12.1. The molecule has 3 rings (SSSR count). The average molecular weight is 285 g/mol. The summed E-state index contributed by atoms with van der Waals surface area (Å²) in [5, 5.41) is 20.3. The Kier molecular flexibility index (Phi) is 3.51. The van der Waals surface area contributed by atoms with Gasteiger partial charge in [-0.2, -0.15) is 5.10 Å². The minimum absolute atomic E-state index is 0.210. The van der Waals surface area contributed by atoms with Gasteiger partial charge in [0.1, 0.15) is 5.60 Å². The molecule has 0 unspecified atom stereocenters. The lowest BCUT2D eigenvalue weighted by Gasteiger charge is -2.34. The third-order valence-electron chi connectivity index (χ3n) is 4.17. The molecule has 0 saturated carbocycles. The van der Waals surface area contributed by atoms with Crippen LogP contribution >= 0.6 is 0 Å². The lowest BCUT2D eigenvalue weighted by Crippen LogP contribution is -2.43. The molecule has 1 aromatic heterocycles. The maximum absolute atomic E-state index is 12.1. The molecule has 0 radical (unpaired) electrons. The van der Waals surface area contributed by atoms with E-state index >= 15 is 0 Å². The molecule has 2 aromatic rings. The number of amides is 1. The highest BCUT2D eigenvalue weighted by atomic mass is 16.3. The maximum Gasteiger partial charge on any atom is 0.254 e. The van der Waals surface area contributed by atoms with Gasteiger partial charge in [-0.1, -0.05) is 24.3 Å². The van der Waals surface area contributed by atoms with E-state index in [1.165, 1.54) is 11.8 Å². The van der Waals surface area contributed by atoms with Crippen molar-refractivity contribution in [1.82, 2.24) is 15.5 Å². The Morgan fingerprint density at radius 1 is 1.48 bits per heavy atom. The van der Waals surface area contributed by atoms with Gasteiger partial charge in [0.15, 0.2) is 0 Å². The molecule has 21 heavy (non-hydrogen) atoms. The van der Waals surface area contributed by atoms with Crippen molar-refractivity contribution in [2.75, 3.05) is 6.54 Å². The standard InChI is InChI=1S/C16H19N3O2/c1-11-13(9-18-19-11)15(20)17-10-16(21)8-4-6-12-5-2-3-7-14(12)16/h2-3,5,7,9,21H,4,6,8,10H2,1H3,(H,17,20)(H,18,19)/t16-/m1/s1. The Morgan fingerprint density at radius 3 is 3.05 bits per heavy atom. The number of nitrogens with zero attached hydrogens (tertiary/aromatic N) is 1. The first kappa shape index (κ1) is 13.8. The second-order valence-electron chi connectivity index (χ2n) is 5.63. The van der Waals surface area contributed by atoms with Crippen LogP contribution in [0.15, 0.2) is 30.5 Å². The van der Waals surface area contributed by atoms with Crippen LogP contribution in [0.4, 0.5) is 0 Å². The van der Waals surface area contributed by atoms with Gasteiger partial charge in [0, 0.05) is 5.69 Å². The van der Waals surface area contributed by atoms with Crippen molar-refractivity contribution in [3.8, 4) is 0 Å². The van der Waals surface area contributed by atoms with E-state index in [0.29, 0.717) is 12.0 Å². The van der Waals surface area contributed by atoms with Gasteiger partial charge in [0.2, 0.25) is 0 Å². The van der Waals surface area contributed by atoms with Gasteiger partial charge in [-0.15, -0.1) is 0 Å². The highest BCUT2D eigenvalue weighted by Crippen LogP contribution is 2.34. The van der Waals surface area contributed by atoms with Crippen LogP contribution in [0, 0.1) is 6.92 Å². The van der Waals surface area contributed by atoms with Crippen molar-refractivity contribution >= 4 is 5.91 Å². The molecule has 1 heterocycles. The van der Waals surface area contributed by atoms with E-state index in [9.17, 15) is 9.90 Å². The smallest absolute Gasteiger partial charge is 0.254 e. The molecule has 5 heteroatoms. The van der Waals surface area contributed by atoms with E-state index in [0.717, 1.165) is 24.1 Å². The van der Waals surface area contributed by atoms with Crippen LogP contribution in [-0.2, 0) is 12.0 Å². The van der Waals surface area contributed by atoms with E-state index < -0.39 is 5.60 Å². The molecule has 0 aliphatic heterocycles. The van der Waals surface area contributed by atoms with Crippen LogP contribution in [0.3, 0.4) is 0 Å². The summed E-state index contributed by atoms with van der Waals surface area (Å²) in [6.45, 7) is 2.01. The molecule has 0 bridgehead atoms. The number of benzene rings is 1. The Morgan fingerprint density at radius 2 is 2.29 bits per heavy atom. The molecule has 0 spiro atoms. The van der Waals surface area contributed by atoms with Gasteiger partial charge < -0.3 is 10.4 Å². The van der Waals surface area contributed by atoms with Crippen LogP contribution in [0.2, 0.25) is 0 Å². The van der Waals surface area contributed by atoms with Crippen molar-refractivity contribution in [3.05, 3.63) is 52.8 Å². The van der Waals surface area contributed by atoms with Crippen LogP contribution in [0.1, 0.15) is 40.0 Å². The van der Waals surface area contributed by atoms with Crippen molar-refractivity contribution in [2.45, 2.75) is 31.8 Å². The molecule has 1 atom stereocenters. The van der Waals surface area contributed by atoms with E-state index in [4.69, 9.17) is 0 Å². The number of nitrogens with one attached hydrogen (secondary N) is 2. The highest BCUT2D eigenvalue weighted by molar-refractivity contribution is 5.95. The summed E-state index contributed by atoms with van der Waals surface area (Å²) in [5.74, 6) is -0.210.